The Labute approximate surface area is 289 Å². The van der Waals surface area contributed by atoms with E-state index in [1.54, 1.807) is 6.26 Å². The van der Waals surface area contributed by atoms with Crippen molar-refractivity contribution in [1.82, 2.24) is 0 Å². The minimum atomic E-state index is 0.431. The fraction of sp³-hybridized carbons (Fsp3) is 0.191. The first kappa shape index (κ1) is 29.8. The predicted octanol–water partition coefficient (Wildman–Crippen LogP) is 10.1. The molecule has 1 aliphatic heterocycles. The first-order chi connectivity index (χ1) is 24.1. The van der Waals surface area contributed by atoms with Crippen LogP contribution in [0.1, 0.15) is 89.5 Å². The van der Waals surface area contributed by atoms with Crippen LogP contribution in [0.4, 0.5) is 0 Å². The van der Waals surface area contributed by atoms with Gasteiger partial charge in [0.2, 0.25) is 0 Å². The van der Waals surface area contributed by atoms with Gasteiger partial charge in [0.1, 0.15) is 12.0 Å². The Morgan fingerprint density at radius 2 is 1.73 bits per heavy atom. The van der Waals surface area contributed by atoms with Crippen molar-refractivity contribution in [2.75, 3.05) is 0 Å². The van der Waals surface area contributed by atoms with Crippen molar-refractivity contribution >= 4 is 51.8 Å². The van der Waals surface area contributed by atoms with Crippen LogP contribution >= 0.6 is 0 Å². The second kappa shape index (κ2) is 12.0. The Morgan fingerprint density at radius 1 is 0.898 bits per heavy atom. The number of allylic oxidation sites excluding steroid dienone is 10. The molecule has 49 heavy (non-hydrogen) atoms. The zero-order valence-electron chi connectivity index (χ0n) is 28.3. The number of rotatable bonds is 4. The molecule has 5 aliphatic rings. The van der Waals surface area contributed by atoms with Crippen LogP contribution in [-0.4, -0.2) is 0 Å². The SMILES string of the molecule is C/C=C\c1c(C)c(C2=CC=C(c3c4c(c(C5=CC6CCC=CC6c6ccccc65)c5c3=CC(N)=CO5)=CCC=C4)CC2)cc2ccccc12. The number of hydrogen-bond acceptors (Lipinski definition) is 2. The Morgan fingerprint density at radius 3 is 2.61 bits per heavy atom. The summed E-state index contributed by atoms with van der Waals surface area (Å²) in [7, 11) is 0. The topological polar surface area (TPSA) is 35.2 Å². The van der Waals surface area contributed by atoms with Crippen molar-refractivity contribution in [3.63, 3.8) is 0 Å². The molecule has 2 heteroatoms. The molecule has 2 N–H and O–H groups in total. The summed E-state index contributed by atoms with van der Waals surface area (Å²) >= 11 is 0. The number of hydrogen-bond donors (Lipinski definition) is 1. The minimum Gasteiger partial charge on any atom is -0.462 e. The van der Waals surface area contributed by atoms with Crippen LogP contribution < -0.4 is 20.9 Å². The van der Waals surface area contributed by atoms with E-state index < -0.39 is 0 Å². The van der Waals surface area contributed by atoms with E-state index in [2.05, 4.69) is 135 Å². The standard InChI is InChI=1S/C47H41NO/c1-3-12-35-29(2)42(25-32-13-4-6-15-36(32)35)30-21-23-31(24-22-30)45-40-19-10-11-20-41(40)46(47-44(45)27-34(48)28-49-47)43-26-33-14-5-7-16-37(33)38-17-8-9-18-39(38)43/h3-4,6-10,12-13,15-21,23,25-28,33,37H,5,11,14,22,24,48H2,1-2H3/b12-3-. The second-order valence-corrected chi connectivity index (χ2v) is 14.0. The summed E-state index contributed by atoms with van der Waals surface area (Å²) in [6.45, 7) is 4.37. The zero-order chi connectivity index (χ0) is 33.1. The van der Waals surface area contributed by atoms with Gasteiger partial charge in [-0.1, -0.05) is 109 Å². The lowest BCUT2D eigenvalue weighted by Gasteiger charge is -2.34. The third-order valence-corrected chi connectivity index (χ3v) is 11.2. The highest BCUT2D eigenvalue weighted by molar-refractivity contribution is 5.97. The van der Waals surface area contributed by atoms with Gasteiger partial charge in [0.25, 0.3) is 0 Å². The third-order valence-electron chi connectivity index (χ3n) is 11.2. The van der Waals surface area contributed by atoms with Gasteiger partial charge in [-0.25, -0.2) is 0 Å². The van der Waals surface area contributed by atoms with Gasteiger partial charge in [-0.2, -0.15) is 0 Å². The van der Waals surface area contributed by atoms with Gasteiger partial charge in [-0.05, 0) is 136 Å². The lowest BCUT2D eigenvalue weighted by Crippen LogP contribution is -2.31. The molecule has 2 nitrogen and oxygen atoms in total. The largest absolute Gasteiger partial charge is 0.462 e. The van der Waals surface area contributed by atoms with Crippen LogP contribution in [0.2, 0.25) is 0 Å². The van der Waals surface area contributed by atoms with E-state index in [1.807, 2.05) is 0 Å². The highest BCUT2D eigenvalue weighted by Gasteiger charge is 2.33. The summed E-state index contributed by atoms with van der Waals surface area (Å²) in [5.41, 5.74) is 21.6. The van der Waals surface area contributed by atoms with Gasteiger partial charge in [0.15, 0.2) is 0 Å². The van der Waals surface area contributed by atoms with Crippen molar-refractivity contribution in [3.8, 4) is 5.75 Å². The van der Waals surface area contributed by atoms with E-state index in [0.717, 1.165) is 36.7 Å². The van der Waals surface area contributed by atoms with E-state index in [0.29, 0.717) is 17.5 Å². The smallest absolute Gasteiger partial charge is 0.143 e. The summed E-state index contributed by atoms with van der Waals surface area (Å²) < 4.78 is 6.59. The molecule has 0 saturated heterocycles. The molecule has 2 unspecified atom stereocenters. The van der Waals surface area contributed by atoms with Gasteiger partial charge in [0.05, 0.1) is 5.70 Å². The van der Waals surface area contributed by atoms with Crippen molar-refractivity contribution in [1.29, 1.82) is 0 Å². The summed E-state index contributed by atoms with van der Waals surface area (Å²) in [4.78, 5) is 0. The van der Waals surface area contributed by atoms with E-state index in [1.165, 1.54) is 83.6 Å². The molecule has 0 saturated carbocycles. The van der Waals surface area contributed by atoms with Gasteiger partial charge < -0.3 is 10.5 Å². The van der Waals surface area contributed by atoms with Crippen LogP contribution in [-0.2, 0) is 0 Å². The van der Waals surface area contributed by atoms with Crippen LogP contribution in [0.3, 0.4) is 0 Å². The monoisotopic (exact) mass is 635 g/mol. The molecular weight excluding hydrogens is 595 g/mol. The van der Waals surface area contributed by atoms with Crippen LogP contribution in [0.15, 0.2) is 109 Å². The zero-order valence-corrected chi connectivity index (χ0v) is 28.3. The second-order valence-electron chi connectivity index (χ2n) is 14.0. The molecule has 2 atom stereocenters. The molecule has 0 amide bonds. The van der Waals surface area contributed by atoms with Gasteiger partial charge in [0, 0.05) is 16.7 Å². The predicted molar refractivity (Wildman–Crippen MR) is 208 cm³/mol. The van der Waals surface area contributed by atoms with Gasteiger partial charge >= 0.3 is 0 Å². The number of ether oxygens (including phenoxy) is 1. The maximum absolute atomic E-state index is 6.59. The van der Waals surface area contributed by atoms with E-state index in [9.17, 15) is 0 Å². The molecule has 0 spiro atoms. The molecule has 0 bridgehead atoms. The highest BCUT2D eigenvalue weighted by atomic mass is 16.5. The highest BCUT2D eigenvalue weighted by Crippen LogP contribution is 2.46. The summed E-state index contributed by atoms with van der Waals surface area (Å²) in [6, 6.07) is 20.1. The minimum absolute atomic E-state index is 0.431. The van der Waals surface area contributed by atoms with Crippen LogP contribution in [0, 0.1) is 12.8 Å². The van der Waals surface area contributed by atoms with E-state index in [-0.39, 0.29) is 0 Å². The van der Waals surface area contributed by atoms with Crippen molar-refractivity contribution < 1.29 is 4.74 Å². The van der Waals surface area contributed by atoms with Crippen LogP contribution in [0.25, 0.3) is 51.8 Å². The van der Waals surface area contributed by atoms with Crippen LogP contribution in [0.5, 0.6) is 5.75 Å². The Kier molecular flexibility index (Phi) is 7.27. The van der Waals surface area contributed by atoms with E-state index >= 15 is 0 Å². The molecule has 0 aromatic heterocycles. The first-order valence-electron chi connectivity index (χ1n) is 17.8. The Hall–Kier alpha value is -5.34. The Balaban J connectivity index is 1.24. The maximum Gasteiger partial charge on any atom is 0.143 e. The number of nitrogens with two attached hydrogens (primary N) is 1. The molecule has 4 aromatic carbocycles. The Bertz CT molecular complexity index is 2420. The lowest BCUT2D eigenvalue weighted by atomic mass is 9.70. The molecule has 4 aliphatic carbocycles. The van der Waals surface area contributed by atoms with Gasteiger partial charge in [-0.15, -0.1) is 0 Å². The third kappa shape index (κ3) is 4.84. The molecular formula is C47H41NO. The average molecular weight is 636 g/mol. The summed E-state index contributed by atoms with van der Waals surface area (Å²) in [6.07, 6.45) is 32.5. The van der Waals surface area contributed by atoms with Crippen molar-refractivity contribution in [2.24, 2.45) is 11.7 Å². The fourth-order valence-corrected chi connectivity index (χ4v) is 8.94. The van der Waals surface area contributed by atoms with Crippen molar-refractivity contribution in [2.45, 2.75) is 51.9 Å². The first-order valence-corrected chi connectivity index (χ1v) is 17.8. The summed E-state index contributed by atoms with van der Waals surface area (Å²) in [5, 5.41) is 4.97. The average Bonchev–Trinajstić information content (AvgIpc) is 3.15. The maximum atomic E-state index is 6.59. The molecule has 0 radical (unpaired) electrons. The van der Waals surface area contributed by atoms with Gasteiger partial charge in [-0.3, -0.25) is 0 Å². The molecule has 240 valence electrons. The lowest BCUT2D eigenvalue weighted by molar-refractivity contribution is 0.466. The normalized spacial score (nSPS) is 20.4. The fourth-order valence-electron chi connectivity index (χ4n) is 8.94. The molecule has 4 aromatic rings. The van der Waals surface area contributed by atoms with E-state index in [4.69, 9.17) is 10.5 Å². The number of benzene rings is 4. The number of fused-ring (bicyclic) bond motifs is 6. The molecule has 1 heterocycles. The molecule has 0 fully saturated rings. The summed E-state index contributed by atoms with van der Waals surface area (Å²) in [5.74, 6) is 1.84. The molecule has 9 rings (SSSR count). The van der Waals surface area contributed by atoms with Crippen molar-refractivity contribution in [3.05, 3.63) is 164 Å². The quantitative estimate of drug-likeness (QED) is 0.227.